The van der Waals surface area contributed by atoms with E-state index in [1.54, 1.807) is 0 Å². The van der Waals surface area contributed by atoms with Gasteiger partial charge in [0.2, 0.25) is 0 Å². The van der Waals surface area contributed by atoms with E-state index in [9.17, 15) is 9.59 Å². The lowest BCUT2D eigenvalue weighted by Crippen LogP contribution is -2.49. The summed E-state index contributed by atoms with van der Waals surface area (Å²) < 4.78 is 0. The molecule has 21 heavy (non-hydrogen) atoms. The van der Waals surface area contributed by atoms with Crippen LogP contribution in [0.15, 0.2) is 0 Å². The molecule has 1 aliphatic carbocycles. The number of carbonyl (C=O) groups excluding carboxylic acids is 1. The van der Waals surface area contributed by atoms with Crippen molar-refractivity contribution in [3.05, 3.63) is 0 Å². The third kappa shape index (κ3) is 4.59. The van der Waals surface area contributed by atoms with Crippen LogP contribution in [0.25, 0.3) is 0 Å². The number of piperidine rings is 1. The lowest BCUT2D eigenvalue weighted by molar-refractivity contribution is -0.142. The van der Waals surface area contributed by atoms with Gasteiger partial charge in [-0.25, -0.2) is 4.79 Å². The molecule has 3 N–H and O–H groups in total. The fraction of sp³-hybridized carbons (Fsp3) is 0.867. The minimum absolute atomic E-state index is 0.229. The van der Waals surface area contributed by atoms with Crippen LogP contribution in [0.5, 0.6) is 0 Å². The number of carboxylic acids is 1. The highest BCUT2D eigenvalue weighted by atomic mass is 16.4. The maximum Gasteiger partial charge on any atom is 0.315 e. The Labute approximate surface area is 126 Å². The standard InChI is InChI=1S/C15H27N3O3/c1-11(18-8-3-2-4-9-18)10-16-15(21)17-13-7-5-6-12(13)14(19)20/h11-13H,2-10H2,1H3,(H,19,20)(H2,16,17,21). The molecule has 2 fully saturated rings. The van der Waals surface area contributed by atoms with Crippen molar-refractivity contribution in [2.75, 3.05) is 19.6 Å². The van der Waals surface area contributed by atoms with Crippen molar-refractivity contribution < 1.29 is 14.7 Å². The molecule has 0 aromatic heterocycles. The number of hydrogen-bond donors (Lipinski definition) is 3. The second-order valence-electron chi connectivity index (χ2n) is 6.28. The second-order valence-corrected chi connectivity index (χ2v) is 6.28. The summed E-state index contributed by atoms with van der Waals surface area (Å²) in [6.07, 6.45) is 6.05. The van der Waals surface area contributed by atoms with E-state index in [1.807, 2.05) is 0 Å². The van der Waals surface area contributed by atoms with Crippen molar-refractivity contribution in [1.29, 1.82) is 0 Å². The highest BCUT2D eigenvalue weighted by Crippen LogP contribution is 2.25. The molecule has 0 aromatic rings. The van der Waals surface area contributed by atoms with Gasteiger partial charge in [-0.15, -0.1) is 0 Å². The Bertz CT molecular complexity index is 369. The van der Waals surface area contributed by atoms with E-state index >= 15 is 0 Å². The Hall–Kier alpha value is -1.30. The number of hydrogen-bond acceptors (Lipinski definition) is 3. The van der Waals surface area contributed by atoms with Crippen LogP contribution in [0.2, 0.25) is 0 Å². The highest BCUT2D eigenvalue weighted by molar-refractivity contribution is 5.77. The molecule has 2 aliphatic rings. The average molecular weight is 297 g/mol. The molecule has 1 saturated heterocycles. The van der Waals surface area contributed by atoms with Crippen LogP contribution in [0.3, 0.4) is 0 Å². The van der Waals surface area contributed by atoms with Gasteiger partial charge in [-0.05, 0) is 45.7 Å². The zero-order chi connectivity index (χ0) is 15.2. The van der Waals surface area contributed by atoms with Gasteiger partial charge in [0.15, 0.2) is 0 Å². The number of carboxylic acid groups (broad SMARTS) is 1. The Morgan fingerprint density at radius 1 is 1.19 bits per heavy atom. The lowest BCUT2D eigenvalue weighted by atomic mass is 10.0. The molecule has 6 heteroatoms. The molecular formula is C15H27N3O3. The number of carbonyl (C=O) groups is 2. The Kier molecular flexibility index (Phi) is 5.85. The molecular weight excluding hydrogens is 270 g/mol. The van der Waals surface area contributed by atoms with E-state index in [1.165, 1.54) is 19.3 Å². The fourth-order valence-corrected chi connectivity index (χ4v) is 3.38. The van der Waals surface area contributed by atoms with E-state index < -0.39 is 11.9 Å². The summed E-state index contributed by atoms with van der Waals surface area (Å²) >= 11 is 0. The SMILES string of the molecule is CC(CNC(=O)NC1CCCC1C(=O)O)N1CCCCC1. The monoisotopic (exact) mass is 297 g/mol. The smallest absolute Gasteiger partial charge is 0.315 e. The molecule has 6 nitrogen and oxygen atoms in total. The first kappa shape index (κ1) is 16.1. The van der Waals surface area contributed by atoms with Crippen molar-refractivity contribution in [2.45, 2.75) is 57.5 Å². The molecule has 2 amide bonds. The Morgan fingerprint density at radius 2 is 1.90 bits per heavy atom. The number of rotatable bonds is 5. The molecule has 3 atom stereocenters. The third-order valence-electron chi connectivity index (χ3n) is 4.72. The summed E-state index contributed by atoms with van der Waals surface area (Å²) in [7, 11) is 0. The lowest BCUT2D eigenvalue weighted by Gasteiger charge is -2.32. The molecule has 3 unspecified atom stereocenters. The van der Waals surface area contributed by atoms with E-state index in [0.717, 1.165) is 25.9 Å². The molecule has 120 valence electrons. The van der Waals surface area contributed by atoms with Crippen LogP contribution < -0.4 is 10.6 Å². The molecule has 1 aliphatic heterocycles. The summed E-state index contributed by atoms with van der Waals surface area (Å²) in [6.45, 7) is 4.94. The van der Waals surface area contributed by atoms with Crippen molar-refractivity contribution in [2.24, 2.45) is 5.92 Å². The first-order valence-electron chi connectivity index (χ1n) is 8.09. The van der Waals surface area contributed by atoms with Crippen LogP contribution in [-0.2, 0) is 4.79 Å². The van der Waals surface area contributed by atoms with Crippen LogP contribution >= 0.6 is 0 Å². The number of likely N-dealkylation sites (tertiary alicyclic amines) is 1. The number of aliphatic carboxylic acids is 1. The van der Waals surface area contributed by atoms with E-state index in [2.05, 4.69) is 22.5 Å². The van der Waals surface area contributed by atoms with E-state index in [-0.39, 0.29) is 12.1 Å². The summed E-state index contributed by atoms with van der Waals surface area (Å²) in [4.78, 5) is 25.4. The number of amides is 2. The quantitative estimate of drug-likeness (QED) is 0.716. The van der Waals surface area contributed by atoms with Crippen molar-refractivity contribution in [3.63, 3.8) is 0 Å². The average Bonchev–Trinajstić information content (AvgIpc) is 2.94. The van der Waals surface area contributed by atoms with Gasteiger partial charge in [0.1, 0.15) is 0 Å². The molecule has 0 radical (unpaired) electrons. The van der Waals surface area contributed by atoms with E-state index in [0.29, 0.717) is 19.0 Å². The zero-order valence-electron chi connectivity index (χ0n) is 12.8. The highest BCUT2D eigenvalue weighted by Gasteiger charge is 2.33. The first-order chi connectivity index (χ1) is 10.1. The maximum absolute atomic E-state index is 11.9. The van der Waals surface area contributed by atoms with Gasteiger partial charge in [-0.2, -0.15) is 0 Å². The van der Waals surface area contributed by atoms with Crippen molar-refractivity contribution in [3.8, 4) is 0 Å². The van der Waals surface area contributed by atoms with Crippen LogP contribution in [0, 0.1) is 5.92 Å². The summed E-state index contributed by atoms with van der Waals surface area (Å²) in [6, 6.07) is -0.139. The molecule has 1 saturated carbocycles. The van der Waals surface area contributed by atoms with Crippen LogP contribution in [0.1, 0.15) is 45.4 Å². The van der Waals surface area contributed by atoms with Crippen LogP contribution in [0.4, 0.5) is 4.79 Å². The normalized spacial score (nSPS) is 28.0. The number of urea groups is 1. The Morgan fingerprint density at radius 3 is 2.57 bits per heavy atom. The molecule has 2 rings (SSSR count). The van der Waals surface area contributed by atoms with Gasteiger partial charge in [-0.3, -0.25) is 9.69 Å². The molecule has 0 aromatic carbocycles. The predicted molar refractivity (Wildman–Crippen MR) is 80.2 cm³/mol. The number of nitrogens with zero attached hydrogens (tertiary/aromatic N) is 1. The molecule has 0 bridgehead atoms. The van der Waals surface area contributed by atoms with Crippen molar-refractivity contribution >= 4 is 12.0 Å². The minimum Gasteiger partial charge on any atom is -0.481 e. The fourth-order valence-electron chi connectivity index (χ4n) is 3.38. The van der Waals surface area contributed by atoms with Crippen molar-refractivity contribution in [1.82, 2.24) is 15.5 Å². The maximum atomic E-state index is 11.9. The van der Waals surface area contributed by atoms with E-state index in [4.69, 9.17) is 5.11 Å². The van der Waals surface area contributed by atoms with Gasteiger partial charge in [0, 0.05) is 18.6 Å². The van der Waals surface area contributed by atoms with Gasteiger partial charge in [-0.1, -0.05) is 12.8 Å². The topological polar surface area (TPSA) is 81.7 Å². The van der Waals surface area contributed by atoms with Gasteiger partial charge in [0.25, 0.3) is 0 Å². The largest absolute Gasteiger partial charge is 0.481 e. The first-order valence-corrected chi connectivity index (χ1v) is 8.09. The molecule has 1 heterocycles. The summed E-state index contributed by atoms with van der Waals surface area (Å²) in [5, 5.41) is 14.8. The Balaban J connectivity index is 1.70. The number of nitrogens with one attached hydrogen (secondary N) is 2. The zero-order valence-corrected chi connectivity index (χ0v) is 12.8. The summed E-state index contributed by atoms with van der Waals surface area (Å²) in [5.41, 5.74) is 0. The second kappa shape index (κ2) is 7.64. The summed E-state index contributed by atoms with van der Waals surface area (Å²) in [5.74, 6) is -1.24. The molecule has 0 spiro atoms. The minimum atomic E-state index is -0.806. The third-order valence-corrected chi connectivity index (χ3v) is 4.72. The van der Waals surface area contributed by atoms with Gasteiger partial charge < -0.3 is 15.7 Å². The van der Waals surface area contributed by atoms with Crippen LogP contribution in [-0.4, -0.2) is 53.7 Å². The van der Waals surface area contributed by atoms with Gasteiger partial charge >= 0.3 is 12.0 Å². The van der Waals surface area contributed by atoms with Gasteiger partial charge in [0.05, 0.1) is 5.92 Å². The predicted octanol–water partition coefficient (Wildman–Crippen LogP) is 1.41.